The van der Waals surface area contributed by atoms with Gasteiger partial charge in [-0.15, -0.1) is 0 Å². The van der Waals surface area contributed by atoms with Gasteiger partial charge in [-0.1, -0.05) is 0 Å². The number of carbonyl (C=O) groups excluding carboxylic acids is 1. The summed E-state index contributed by atoms with van der Waals surface area (Å²) in [7, 11) is 0. The zero-order valence-electron chi connectivity index (χ0n) is 10.4. The van der Waals surface area contributed by atoms with Gasteiger partial charge in [0.1, 0.15) is 12.4 Å². The number of amides is 1. The van der Waals surface area contributed by atoms with Gasteiger partial charge in [-0.25, -0.2) is 4.79 Å². The zero-order valence-corrected chi connectivity index (χ0v) is 10.4. The molecule has 1 amide bonds. The second-order valence-corrected chi connectivity index (χ2v) is 3.65. The molecule has 0 saturated carbocycles. The Morgan fingerprint density at radius 3 is 3.05 bits per heavy atom. The molecule has 2 aromatic rings. The van der Waals surface area contributed by atoms with E-state index in [4.69, 9.17) is 5.73 Å². The van der Waals surface area contributed by atoms with Crippen LogP contribution >= 0.6 is 0 Å². The Bertz CT molecular complexity index is 568. The fourth-order valence-electron chi connectivity index (χ4n) is 1.53. The standard InChI is InChI=1S/C10H15N7O2/c1-2-12-10-15-7(13-3-4-19-9(11)18)6-5-14-17-8(6)16-10/h5H,2-4H2,1H3,(H2,11,18)(H3,12,13,14,15,16,17). The fourth-order valence-corrected chi connectivity index (χ4v) is 1.53. The third kappa shape index (κ3) is 3.21. The van der Waals surface area contributed by atoms with E-state index in [0.29, 0.717) is 30.5 Å². The summed E-state index contributed by atoms with van der Waals surface area (Å²) < 4.78 is 4.63. The SMILES string of the molecule is CCNc1nc(NCCOC(N)=O)c2cn[nH]c2n1. The Morgan fingerprint density at radius 2 is 2.32 bits per heavy atom. The number of primary amides is 1. The number of H-pyrrole nitrogens is 1. The van der Waals surface area contributed by atoms with E-state index in [1.807, 2.05) is 6.92 Å². The molecule has 102 valence electrons. The van der Waals surface area contributed by atoms with E-state index in [9.17, 15) is 4.79 Å². The number of fused-ring (bicyclic) bond motifs is 1. The van der Waals surface area contributed by atoms with Crippen molar-refractivity contribution in [3.05, 3.63) is 6.20 Å². The Morgan fingerprint density at radius 1 is 1.47 bits per heavy atom. The molecule has 0 aliphatic carbocycles. The van der Waals surface area contributed by atoms with Crippen LogP contribution in [0.5, 0.6) is 0 Å². The van der Waals surface area contributed by atoms with E-state index in [1.165, 1.54) is 0 Å². The number of hydrogen-bond donors (Lipinski definition) is 4. The average molecular weight is 265 g/mol. The number of nitrogens with zero attached hydrogens (tertiary/aromatic N) is 3. The van der Waals surface area contributed by atoms with Gasteiger partial charge in [0.2, 0.25) is 5.95 Å². The van der Waals surface area contributed by atoms with E-state index in [1.54, 1.807) is 6.20 Å². The quantitative estimate of drug-likeness (QED) is 0.552. The van der Waals surface area contributed by atoms with Gasteiger partial charge in [-0.3, -0.25) is 5.10 Å². The van der Waals surface area contributed by atoms with Crippen molar-refractivity contribution in [1.29, 1.82) is 0 Å². The van der Waals surface area contributed by atoms with Crippen molar-refractivity contribution < 1.29 is 9.53 Å². The number of nitrogens with two attached hydrogens (primary N) is 1. The van der Waals surface area contributed by atoms with E-state index < -0.39 is 6.09 Å². The number of rotatable bonds is 6. The molecule has 0 bridgehead atoms. The molecule has 0 spiro atoms. The Kier molecular flexibility index (Phi) is 3.96. The van der Waals surface area contributed by atoms with Crippen LogP contribution in [-0.2, 0) is 4.74 Å². The summed E-state index contributed by atoms with van der Waals surface area (Å²) in [5, 5.41) is 13.5. The second kappa shape index (κ2) is 5.85. The first-order valence-corrected chi connectivity index (χ1v) is 5.81. The molecule has 9 nitrogen and oxygen atoms in total. The molecule has 0 unspecified atom stereocenters. The maximum Gasteiger partial charge on any atom is 0.404 e. The van der Waals surface area contributed by atoms with Crippen LogP contribution in [0, 0.1) is 0 Å². The Labute approximate surface area is 108 Å². The third-order valence-corrected chi connectivity index (χ3v) is 2.28. The molecule has 0 aliphatic rings. The van der Waals surface area contributed by atoms with Gasteiger partial charge in [0, 0.05) is 6.54 Å². The summed E-state index contributed by atoms with van der Waals surface area (Å²) in [6.07, 6.45) is 0.828. The molecule has 0 fully saturated rings. The molecule has 0 saturated heterocycles. The van der Waals surface area contributed by atoms with Crippen LogP contribution in [0.25, 0.3) is 11.0 Å². The van der Waals surface area contributed by atoms with E-state index in [2.05, 4.69) is 35.5 Å². The summed E-state index contributed by atoms with van der Waals surface area (Å²) in [6.45, 7) is 3.22. The molecule has 0 atom stereocenters. The van der Waals surface area contributed by atoms with E-state index in [-0.39, 0.29) is 6.61 Å². The van der Waals surface area contributed by atoms with Gasteiger partial charge in [0.05, 0.1) is 18.1 Å². The highest BCUT2D eigenvalue weighted by Crippen LogP contribution is 2.19. The lowest BCUT2D eigenvalue weighted by atomic mass is 10.4. The van der Waals surface area contributed by atoms with Crippen molar-refractivity contribution in [3.63, 3.8) is 0 Å². The van der Waals surface area contributed by atoms with Crippen LogP contribution in [0.2, 0.25) is 0 Å². The van der Waals surface area contributed by atoms with Crippen LogP contribution in [0.15, 0.2) is 6.20 Å². The molecule has 0 aromatic carbocycles. The molecule has 2 rings (SSSR count). The lowest BCUT2D eigenvalue weighted by Crippen LogP contribution is -2.19. The maximum absolute atomic E-state index is 10.4. The molecular weight excluding hydrogens is 250 g/mol. The number of hydrogen-bond acceptors (Lipinski definition) is 7. The summed E-state index contributed by atoms with van der Waals surface area (Å²) in [5.41, 5.74) is 5.50. The first-order valence-electron chi connectivity index (χ1n) is 5.81. The lowest BCUT2D eigenvalue weighted by molar-refractivity contribution is 0.161. The predicted octanol–water partition coefficient (Wildman–Crippen LogP) is 0.292. The molecule has 5 N–H and O–H groups in total. The van der Waals surface area contributed by atoms with Gasteiger partial charge in [-0.05, 0) is 6.92 Å². The molecule has 9 heteroatoms. The Balaban J connectivity index is 2.11. The molecule has 0 radical (unpaired) electrons. The molecule has 0 aliphatic heterocycles. The number of aromatic nitrogens is 4. The van der Waals surface area contributed by atoms with E-state index in [0.717, 1.165) is 5.39 Å². The van der Waals surface area contributed by atoms with Gasteiger partial charge in [0.15, 0.2) is 5.65 Å². The van der Waals surface area contributed by atoms with Crippen LogP contribution < -0.4 is 16.4 Å². The normalized spacial score (nSPS) is 10.4. The van der Waals surface area contributed by atoms with Crippen molar-refractivity contribution in [2.45, 2.75) is 6.92 Å². The van der Waals surface area contributed by atoms with Gasteiger partial charge in [-0.2, -0.15) is 15.1 Å². The summed E-state index contributed by atoms with van der Waals surface area (Å²) in [6, 6.07) is 0. The summed E-state index contributed by atoms with van der Waals surface area (Å²) in [4.78, 5) is 19.0. The highest BCUT2D eigenvalue weighted by Gasteiger charge is 2.08. The largest absolute Gasteiger partial charge is 0.448 e. The third-order valence-electron chi connectivity index (χ3n) is 2.28. The number of aromatic amines is 1. The van der Waals surface area contributed by atoms with Gasteiger partial charge in [0.25, 0.3) is 0 Å². The minimum absolute atomic E-state index is 0.162. The van der Waals surface area contributed by atoms with Crippen molar-refractivity contribution >= 4 is 28.9 Å². The van der Waals surface area contributed by atoms with Crippen LogP contribution in [-0.4, -0.2) is 46.0 Å². The Hall–Kier alpha value is -2.58. The van der Waals surface area contributed by atoms with Crippen LogP contribution in [0.1, 0.15) is 6.92 Å². The average Bonchev–Trinajstić information content (AvgIpc) is 2.83. The minimum Gasteiger partial charge on any atom is -0.448 e. The van der Waals surface area contributed by atoms with Crippen LogP contribution in [0.3, 0.4) is 0 Å². The molecule has 2 aromatic heterocycles. The zero-order chi connectivity index (χ0) is 13.7. The molecular formula is C10H15N7O2. The highest BCUT2D eigenvalue weighted by molar-refractivity contribution is 5.86. The smallest absolute Gasteiger partial charge is 0.404 e. The van der Waals surface area contributed by atoms with Gasteiger partial charge >= 0.3 is 6.09 Å². The van der Waals surface area contributed by atoms with E-state index >= 15 is 0 Å². The predicted molar refractivity (Wildman–Crippen MR) is 69.9 cm³/mol. The maximum atomic E-state index is 10.4. The highest BCUT2D eigenvalue weighted by atomic mass is 16.5. The number of carbonyl (C=O) groups is 1. The van der Waals surface area contributed by atoms with Crippen molar-refractivity contribution in [2.75, 3.05) is 30.3 Å². The number of ether oxygens (including phenoxy) is 1. The first-order chi connectivity index (χ1) is 9.20. The molecule has 2 heterocycles. The van der Waals surface area contributed by atoms with Crippen molar-refractivity contribution in [3.8, 4) is 0 Å². The summed E-state index contributed by atoms with van der Waals surface area (Å²) >= 11 is 0. The minimum atomic E-state index is -0.800. The monoisotopic (exact) mass is 265 g/mol. The number of anilines is 2. The lowest BCUT2D eigenvalue weighted by Gasteiger charge is -2.08. The van der Waals surface area contributed by atoms with Crippen molar-refractivity contribution in [2.24, 2.45) is 5.73 Å². The van der Waals surface area contributed by atoms with Crippen LogP contribution in [0.4, 0.5) is 16.6 Å². The first kappa shape index (κ1) is 12.9. The second-order valence-electron chi connectivity index (χ2n) is 3.65. The fraction of sp³-hybridized carbons (Fsp3) is 0.400. The number of nitrogens with one attached hydrogen (secondary N) is 3. The molecule has 19 heavy (non-hydrogen) atoms. The van der Waals surface area contributed by atoms with Crippen molar-refractivity contribution in [1.82, 2.24) is 20.2 Å². The summed E-state index contributed by atoms with van der Waals surface area (Å²) in [5.74, 6) is 1.11. The topological polar surface area (TPSA) is 131 Å². The van der Waals surface area contributed by atoms with Gasteiger partial charge < -0.3 is 21.1 Å².